The lowest BCUT2D eigenvalue weighted by Crippen LogP contribution is -1.86. The maximum absolute atomic E-state index is 2.22. The van der Waals surface area contributed by atoms with E-state index in [1.807, 2.05) is 0 Å². The predicted molar refractivity (Wildman–Crippen MR) is 99.1 cm³/mol. The molecule has 114 valence electrons. The molecule has 0 atom stereocenters. The van der Waals surface area contributed by atoms with E-state index in [1.165, 1.54) is 22.3 Å². The van der Waals surface area contributed by atoms with Gasteiger partial charge in [0.05, 0.1) is 0 Å². The van der Waals surface area contributed by atoms with E-state index in [9.17, 15) is 0 Å². The van der Waals surface area contributed by atoms with Gasteiger partial charge in [0, 0.05) is 0 Å². The summed E-state index contributed by atoms with van der Waals surface area (Å²) in [5.74, 6) is 1.18. The molecule has 2 aromatic rings. The summed E-state index contributed by atoms with van der Waals surface area (Å²) >= 11 is 0. The van der Waals surface area contributed by atoms with E-state index < -0.39 is 0 Å². The van der Waals surface area contributed by atoms with Gasteiger partial charge in [-0.25, -0.2) is 0 Å². The summed E-state index contributed by atoms with van der Waals surface area (Å²) in [4.78, 5) is 0. The largest absolute Gasteiger partial charge is 0.0617 e. The van der Waals surface area contributed by atoms with Gasteiger partial charge in [-0.1, -0.05) is 101 Å². The molecule has 0 unspecified atom stereocenters. The molecule has 0 saturated heterocycles. The van der Waals surface area contributed by atoms with Crippen molar-refractivity contribution >= 4 is 12.2 Å². The molecule has 0 N–H and O–H groups in total. The van der Waals surface area contributed by atoms with E-state index >= 15 is 0 Å². The lowest BCUT2D eigenvalue weighted by molar-refractivity contribution is 0.866. The van der Waals surface area contributed by atoms with Crippen molar-refractivity contribution in [3.63, 3.8) is 0 Å². The van der Waals surface area contributed by atoms with Crippen molar-refractivity contribution in [1.82, 2.24) is 0 Å². The third-order valence-corrected chi connectivity index (χ3v) is 3.89. The first-order valence-electron chi connectivity index (χ1n) is 8.11. The van der Waals surface area contributed by atoms with Crippen LogP contribution in [0, 0.1) is 0 Å². The van der Waals surface area contributed by atoms with Gasteiger partial charge in [0.2, 0.25) is 0 Å². The summed E-state index contributed by atoms with van der Waals surface area (Å²) in [6.45, 7) is 8.88. The first-order chi connectivity index (χ1) is 10.6. The van der Waals surface area contributed by atoms with Crippen LogP contribution >= 0.6 is 0 Å². The highest BCUT2D eigenvalue weighted by Crippen LogP contribution is 2.16. The number of allylic oxidation sites excluding steroid dienone is 2. The SMILES string of the molecule is CC(C)c1ccc(/C=C/C=C/c2ccc(C(C)C)cc2)cc1. The molecule has 0 radical (unpaired) electrons. The molecular weight excluding hydrogens is 264 g/mol. The smallest absolute Gasteiger partial charge is 0.0219 e. The zero-order valence-corrected chi connectivity index (χ0v) is 14.1. The molecule has 0 nitrogen and oxygen atoms in total. The Morgan fingerprint density at radius 1 is 0.545 bits per heavy atom. The van der Waals surface area contributed by atoms with E-state index in [-0.39, 0.29) is 0 Å². The Morgan fingerprint density at radius 2 is 0.864 bits per heavy atom. The fourth-order valence-electron chi connectivity index (χ4n) is 2.32. The van der Waals surface area contributed by atoms with Crippen molar-refractivity contribution in [3.8, 4) is 0 Å². The van der Waals surface area contributed by atoms with Gasteiger partial charge >= 0.3 is 0 Å². The van der Waals surface area contributed by atoms with Crippen LogP contribution in [0.25, 0.3) is 12.2 Å². The van der Waals surface area contributed by atoms with Crippen LogP contribution in [0.4, 0.5) is 0 Å². The Hall–Kier alpha value is -2.08. The third kappa shape index (κ3) is 4.73. The van der Waals surface area contributed by atoms with Crippen molar-refractivity contribution in [2.75, 3.05) is 0 Å². The molecule has 0 aliphatic rings. The lowest BCUT2D eigenvalue weighted by atomic mass is 10.0. The molecule has 0 heterocycles. The summed E-state index contributed by atoms with van der Waals surface area (Å²) in [5, 5.41) is 0. The molecule has 22 heavy (non-hydrogen) atoms. The van der Waals surface area contributed by atoms with Crippen LogP contribution in [0.5, 0.6) is 0 Å². The summed E-state index contributed by atoms with van der Waals surface area (Å²) in [5.41, 5.74) is 5.25. The van der Waals surface area contributed by atoms with E-state index in [2.05, 4.69) is 101 Å². The Balaban J connectivity index is 1.96. The fourth-order valence-corrected chi connectivity index (χ4v) is 2.32. The van der Waals surface area contributed by atoms with E-state index in [1.54, 1.807) is 0 Å². The average Bonchev–Trinajstić information content (AvgIpc) is 2.52. The van der Waals surface area contributed by atoms with E-state index in [0.29, 0.717) is 11.8 Å². The minimum absolute atomic E-state index is 0.590. The highest BCUT2D eigenvalue weighted by Gasteiger charge is 1.97. The van der Waals surface area contributed by atoms with Crippen LogP contribution in [0.1, 0.15) is 61.8 Å². The summed E-state index contributed by atoms with van der Waals surface area (Å²) in [7, 11) is 0. The van der Waals surface area contributed by atoms with Crippen LogP contribution in [0.15, 0.2) is 60.7 Å². The standard InChI is InChI=1S/C22H26/c1-17(2)21-13-9-19(10-14-21)7-5-6-8-20-11-15-22(16-12-20)18(3)4/h5-18H,1-4H3/b7-5+,8-6+. The number of rotatable bonds is 5. The van der Waals surface area contributed by atoms with Gasteiger partial charge in [0.1, 0.15) is 0 Å². The molecular formula is C22H26. The highest BCUT2D eigenvalue weighted by molar-refractivity contribution is 5.57. The topological polar surface area (TPSA) is 0 Å². The maximum atomic E-state index is 2.22. The second kappa shape index (κ2) is 7.79. The summed E-state index contributed by atoms with van der Waals surface area (Å²) in [6.07, 6.45) is 8.48. The minimum atomic E-state index is 0.590. The first kappa shape index (κ1) is 16.3. The van der Waals surface area contributed by atoms with Gasteiger partial charge in [-0.2, -0.15) is 0 Å². The zero-order valence-electron chi connectivity index (χ0n) is 14.1. The van der Waals surface area contributed by atoms with Crippen molar-refractivity contribution < 1.29 is 0 Å². The molecule has 0 fully saturated rings. The van der Waals surface area contributed by atoms with Gasteiger partial charge in [-0.15, -0.1) is 0 Å². The molecule has 0 heteroatoms. The molecule has 0 spiro atoms. The Bertz CT molecular complexity index is 563. The monoisotopic (exact) mass is 290 g/mol. The molecule has 0 saturated carbocycles. The third-order valence-electron chi connectivity index (χ3n) is 3.89. The second-order valence-electron chi connectivity index (χ2n) is 6.36. The zero-order chi connectivity index (χ0) is 15.9. The Morgan fingerprint density at radius 3 is 1.14 bits per heavy atom. The van der Waals surface area contributed by atoms with E-state index in [0.717, 1.165) is 0 Å². The quantitative estimate of drug-likeness (QED) is 0.540. The van der Waals surface area contributed by atoms with Crippen LogP contribution in [-0.2, 0) is 0 Å². The van der Waals surface area contributed by atoms with Crippen LogP contribution in [0.2, 0.25) is 0 Å². The van der Waals surface area contributed by atoms with E-state index in [4.69, 9.17) is 0 Å². The van der Waals surface area contributed by atoms with Crippen molar-refractivity contribution in [1.29, 1.82) is 0 Å². The minimum Gasteiger partial charge on any atom is -0.0617 e. The average molecular weight is 290 g/mol. The van der Waals surface area contributed by atoms with Crippen molar-refractivity contribution in [3.05, 3.63) is 82.9 Å². The number of hydrogen-bond acceptors (Lipinski definition) is 0. The fraction of sp³-hybridized carbons (Fsp3) is 0.273. The number of benzene rings is 2. The number of hydrogen-bond donors (Lipinski definition) is 0. The summed E-state index contributed by atoms with van der Waals surface area (Å²) in [6, 6.07) is 17.5. The molecule has 0 aliphatic heterocycles. The highest BCUT2D eigenvalue weighted by atomic mass is 14.0. The predicted octanol–water partition coefficient (Wildman–Crippen LogP) is 6.66. The molecule has 0 aromatic heterocycles. The van der Waals surface area contributed by atoms with Crippen LogP contribution < -0.4 is 0 Å². The summed E-state index contributed by atoms with van der Waals surface area (Å²) < 4.78 is 0. The van der Waals surface area contributed by atoms with Crippen LogP contribution in [-0.4, -0.2) is 0 Å². The van der Waals surface area contributed by atoms with Crippen molar-refractivity contribution in [2.24, 2.45) is 0 Å². The lowest BCUT2D eigenvalue weighted by Gasteiger charge is -2.04. The first-order valence-corrected chi connectivity index (χ1v) is 8.11. The van der Waals surface area contributed by atoms with Crippen LogP contribution in [0.3, 0.4) is 0 Å². The Labute approximate surface area is 135 Å². The van der Waals surface area contributed by atoms with Gasteiger partial charge in [0.15, 0.2) is 0 Å². The molecule has 0 aliphatic carbocycles. The molecule has 0 bridgehead atoms. The maximum Gasteiger partial charge on any atom is -0.0219 e. The Kier molecular flexibility index (Phi) is 5.77. The second-order valence-corrected chi connectivity index (χ2v) is 6.36. The molecule has 2 rings (SSSR count). The van der Waals surface area contributed by atoms with Gasteiger partial charge in [0.25, 0.3) is 0 Å². The van der Waals surface area contributed by atoms with Gasteiger partial charge in [-0.05, 0) is 34.1 Å². The normalized spacial score (nSPS) is 12.1. The van der Waals surface area contributed by atoms with Gasteiger partial charge < -0.3 is 0 Å². The van der Waals surface area contributed by atoms with Gasteiger partial charge in [-0.3, -0.25) is 0 Å². The van der Waals surface area contributed by atoms with Crippen molar-refractivity contribution in [2.45, 2.75) is 39.5 Å². The molecule has 2 aromatic carbocycles. The molecule has 0 amide bonds.